The molecule has 20 heavy (non-hydrogen) atoms. The van der Waals surface area contributed by atoms with E-state index in [0.717, 1.165) is 22.4 Å². The summed E-state index contributed by atoms with van der Waals surface area (Å²) >= 11 is 0. The minimum atomic E-state index is 0.00850. The van der Waals surface area contributed by atoms with Crippen LogP contribution in [0.25, 0.3) is 0 Å². The summed E-state index contributed by atoms with van der Waals surface area (Å²) in [6.07, 6.45) is 3.26. The van der Waals surface area contributed by atoms with E-state index >= 15 is 0 Å². The van der Waals surface area contributed by atoms with Gasteiger partial charge in [-0.25, -0.2) is 0 Å². The van der Waals surface area contributed by atoms with E-state index in [9.17, 15) is 4.79 Å². The number of anilines is 1. The molecular formula is C18H19NO. The van der Waals surface area contributed by atoms with Crippen LogP contribution in [0.1, 0.15) is 27.0 Å². The molecule has 2 aromatic rings. The number of para-hydroxylation sites is 1. The fourth-order valence-electron chi connectivity index (χ4n) is 1.93. The lowest BCUT2D eigenvalue weighted by atomic mass is 10.0. The van der Waals surface area contributed by atoms with Crippen molar-refractivity contribution in [3.63, 3.8) is 0 Å². The normalized spacial score (nSPS) is 10.8. The van der Waals surface area contributed by atoms with Gasteiger partial charge in [-0.15, -0.1) is 0 Å². The predicted molar refractivity (Wildman–Crippen MR) is 84.2 cm³/mol. The van der Waals surface area contributed by atoms with Crippen LogP contribution >= 0.6 is 0 Å². The maximum absolute atomic E-state index is 12.1. The molecule has 0 atom stereocenters. The molecule has 0 radical (unpaired) electrons. The van der Waals surface area contributed by atoms with Crippen molar-refractivity contribution in [3.05, 3.63) is 77.0 Å². The average Bonchev–Trinajstić information content (AvgIpc) is 2.44. The fourth-order valence-corrected chi connectivity index (χ4v) is 1.93. The number of carbonyl (C=O) groups excluding carboxylic acids is 1. The highest BCUT2D eigenvalue weighted by Crippen LogP contribution is 2.13. The van der Waals surface area contributed by atoms with Gasteiger partial charge < -0.3 is 5.32 Å². The lowest BCUT2D eigenvalue weighted by molar-refractivity contribution is 0.104. The molecule has 0 aliphatic heterocycles. The van der Waals surface area contributed by atoms with Crippen LogP contribution in [0.3, 0.4) is 0 Å². The number of aryl methyl sites for hydroxylation is 3. The summed E-state index contributed by atoms with van der Waals surface area (Å²) in [6.45, 7) is 6.09. The molecule has 0 aliphatic carbocycles. The van der Waals surface area contributed by atoms with Crippen LogP contribution in [-0.4, -0.2) is 5.78 Å². The number of rotatable bonds is 4. The van der Waals surface area contributed by atoms with E-state index in [4.69, 9.17) is 0 Å². The third-order valence-electron chi connectivity index (χ3n) is 3.41. The second-order valence-corrected chi connectivity index (χ2v) is 4.96. The molecule has 0 fully saturated rings. The summed E-state index contributed by atoms with van der Waals surface area (Å²) in [7, 11) is 0. The van der Waals surface area contributed by atoms with Gasteiger partial charge in [-0.1, -0.05) is 30.3 Å². The van der Waals surface area contributed by atoms with Crippen LogP contribution in [0.4, 0.5) is 5.69 Å². The van der Waals surface area contributed by atoms with Gasteiger partial charge in [-0.05, 0) is 49.6 Å². The number of hydrogen-bond donors (Lipinski definition) is 1. The second kappa shape index (κ2) is 6.20. The zero-order valence-electron chi connectivity index (χ0n) is 12.1. The molecule has 2 aromatic carbocycles. The zero-order valence-corrected chi connectivity index (χ0v) is 12.1. The minimum absolute atomic E-state index is 0.00850. The first kappa shape index (κ1) is 14.1. The number of benzene rings is 2. The van der Waals surface area contributed by atoms with Crippen LogP contribution in [0, 0.1) is 20.8 Å². The first-order valence-corrected chi connectivity index (χ1v) is 6.68. The molecule has 2 heteroatoms. The largest absolute Gasteiger partial charge is 0.361 e. The van der Waals surface area contributed by atoms with Crippen molar-refractivity contribution in [1.29, 1.82) is 0 Å². The molecule has 2 rings (SSSR count). The van der Waals surface area contributed by atoms with E-state index in [0.29, 0.717) is 0 Å². The fraction of sp³-hybridized carbons (Fsp3) is 0.167. The van der Waals surface area contributed by atoms with E-state index in [1.54, 1.807) is 12.3 Å². The lowest BCUT2D eigenvalue weighted by Crippen LogP contribution is -1.98. The molecule has 0 amide bonds. The standard InChI is InChI=1S/C18H19NO/c1-13-8-9-16(12-15(13)3)18(20)10-11-19-17-7-5-4-6-14(17)2/h4-12,19H,1-3H3/b11-10+. The van der Waals surface area contributed by atoms with Crippen molar-refractivity contribution in [2.45, 2.75) is 20.8 Å². The van der Waals surface area contributed by atoms with Crippen molar-refractivity contribution in [2.24, 2.45) is 0 Å². The van der Waals surface area contributed by atoms with Gasteiger partial charge in [0.2, 0.25) is 0 Å². The Hall–Kier alpha value is -2.35. The molecular weight excluding hydrogens is 246 g/mol. The Morgan fingerprint density at radius 1 is 0.950 bits per heavy atom. The summed E-state index contributed by atoms with van der Waals surface area (Å²) in [6, 6.07) is 13.7. The van der Waals surface area contributed by atoms with E-state index in [-0.39, 0.29) is 5.78 Å². The monoisotopic (exact) mass is 265 g/mol. The van der Waals surface area contributed by atoms with E-state index in [1.165, 1.54) is 5.56 Å². The Labute approximate surface area is 120 Å². The highest BCUT2D eigenvalue weighted by atomic mass is 16.1. The average molecular weight is 265 g/mol. The van der Waals surface area contributed by atoms with Gasteiger partial charge in [0.05, 0.1) is 0 Å². The van der Waals surface area contributed by atoms with Gasteiger partial charge in [0.1, 0.15) is 0 Å². The molecule has 102 valence electrons. The molecule has 0 saturated heterocycles. The third kappa shape index (κ3) is 3.35. The molecule has 0 aliphatic rings. The zero-order chi connectivity index (χ0) is 14.5. The Kier molecular flexibility index (Phi) is 4.36. The highest BCUT2D eigenvalue weighted by molar-refractivity contribution is 6.04. The van der Waals surface area contributed by atoms with Crippen molar-refractivity contribution in [1.82, 2.24) is 0 Å². The quantitative estimate of drug-likeness (QED) is 0.655. The van der Waals surface area contributed by atoms with Gasteiger partial charge >= 0.3 is 0 Å². The summed E-state index contributed by atoms with van der Waals surface area (Å²) < 4.78 is 0. The number of carbonyl (C=O) groups is 1. The van der Waals surface area contributed by atoms with Crippen LogP contribution in [0.2, 0.25) is 0 Å². The second-order valence-electron chi connectivity index (χ2n) is 4.96. The van der Waals surface area contributed by atoms with E-state index in [1.807, 2.05) is 63.2 Å². The Morgan fingerprint density at radius 3 is 2.40 bits per heavy atom. The Bertz CT molecular complexity index is 656. The molecule has 0 spiro atoms. The van der Waals surface area contributed by atoms with Gasteiger partial charge in [0, 0.05) is 23.5 Å². The summed E-state index contributed by atoms with van der Waals surface area (Å²) in [5.41, 5.74) is 5.21. The third-order valence-corrected chi connectivity index (χ3v) is 3.41. The summed E-state index contributed by atoms with van der Waals surface area (Å²) in [4.78, 5) is 12.1. The minimum Gasteiger partial charge on any atom is -0.361 e. The molecule has 0 unspecified atom stereocenters. The Balaban J connectivity index is 2.06. The van der Waals surface area contributed by atoms with Gasteiger partial charge in [0.15, 0.2) is 5.78 Å². The van der Waals surface area contributed by atoms with Crippen molar-refractivity contribution in [2.75, 3.05) is 5.32 Å². The smallest absolute Gasteiger partial charge is 0.187 e. The summed E-state index contributed by atoms with van der Waals surface area (Å²) in [5, 5.41) is 3.14. The molecule has 0 saturated carbocycles. The first-order chi connectivity index (χ1) is 9.58. The Morgan fingerprint density at radius 2 is 1.70 bits per heavy atom. The molecule has 0 bridgehead atoms. The van der Waals surface area contributed by atoms with Gasteiger partial charge in [0.25, 0.3) is 0 Å². The van der Waals surface area contributed by atoms with Crippen molar-refractivity contribution in [3.8, 4) is 0 Å². The SMILES string of the molecule is Cc1ccc(C(=O)/C=C/Nc2ccccc2C)cc1C. The van der Waals surface area contributed by atoms with Crippen LogP contribution in [0.15, 0.2) is 54.7 Å². The van der Waals surface area contributed by atoms with Gasteiger partial charge in [-0.3, -0.25) is 4.79 Å². The molecule has 2 nitrogen and oxygen atoms in total. The number of allylic oxidation sites excluding steroid dienone is 1. The van der Waals surface area contributed by atoms with Crippen LogP contribution < -0.4 is 5.32 Å². The first-order valence-electron chi connectivity index (χ1n) is 6.68. The van der Waals surface area contributed by atoms with Gasteiger partial charge in [-0.2, -0.15) is 0 Å². The van der Waals surface area contributed by atoms with Crippen LogP contribution in [0.5, 0.6) is 0 Å². The predicted octanol–water partition coefficient (Wildman–Crippen LogP) is 4.42. The topological polar surface area (TPSA) is 29.1 Å². The number of ketones is 1. The maximum atomic E-state index is 12.1. The van der Waals surface area contributed by atoms with E-state index in [2.05, 4.69) is 5.32 Å². The van der Waals surface area contributed by atoms with E-state index < -0.39 is 0 Å². The molecule has 1 N–H and O–H groups in total. The lowest BCUT2D eigenvalue weighted by Gasteiger charge is -2.04. The number of hydrogen-bond acceptors (Lipinski definition) is 2. The van der Waals surface area contributed by atoms with Crippen LogP contribution in [-0.2, 0) is 0 Å². The highest BCUT2D eigenvalue weighted by Gasteiger charge is 2.03. The van der Waals surface area contributed by atoms with Crippen molar-refractivity contribution >= 4 is 11.5 Å². The maximum Gasteiger partial charge on any atom is 0.187 e. The molecule has 0 aromatic heterocycles. The molecule has 0 heterocycles. The van der Waals surface area contributed by atoms with Crippen molar-refractivity contribution < 1.29 is 4.79 Å². The summed E-state index contributed by atoms with van der Waals surface area (Å²) in [5.74, 6) is 0.00850. The number of nitrogens with one attached hydrogen (secondary N) is 1.